The van der Waals surface area contributed by atoms with Gasteiger partial charge in [-0.25, -0.2) is 0 Å². The second kappa shape index (κ2) is 6.36. The molecule has 4 heteroatoms. The summed E-state index contributed by atoms with van der Waals surface area (Å²) < 4.78 is 6.29. The Morgan fingerprint density at radius 3 is 2.52 bits per heavy atom. The Bertz CT molecular complexity index is 708. The van der Waals surface area contributed by atoms with E-state index < -0.39 is 0 Å². The Kier molecular flexibility index (Phi) is 4.44. The standard InChI is InChI=1S/C19H20BrNO2/c1-21(13-14-4-3-5-17(12-14)23-2)18(22)19(10-11-19)15-6-8-16(20)9-7-15/h3-9,12H,10-11,13H2,1-2H3. The lowest BCUT2D eigenvalue weighted by atomic mass is 9.94. The van der Waals surface area contributed by atoms with Gasteiger partial charge in [0.15, 0.2) is 0 Å². The second-order valence-corrected chi connectivity index (χ2v) is 7.02. The van der Waals surface area contributed by atoms with Gasteiger partial charge in [0, 0.05) is 18.1 Å². The molecule has 0 unspecified atom stereocenters. The molecule has 120 valence electrons. The molecule has 0 aliphatic heterocycles. The second-order valence-electron chi connectivity index (χ2n) is 6.10. The van der Waals surface area contributed by atoms with Gasteiger partial charge in [-0.1, -0.05) is 40.2 Å². The minimum atomic E-state index is -0.325. The monoisotopic (exact) mass is 373 g/mol. The van der Waals surface area contributed by atoms with Gasteiger partial charge in [-0.3, -0.25) is 4.79 Å². The van der Waals surface area contributed by atoms with Crippen LogP contribution < -0.4 is 4.74 Å². The molecule has 23 heavy (non-hydrogen) atoms. The first-order valence-electron chi connectivity index (χ1n) is 7.70. The molecule has 1 saturated carbocycles. The highest BCUT2D eigenvalue weighted by Gasteiger charge is 2.52. The molecule has 0 radical (unpaired) electrons. The first-order chi connectivity index (χ1) is 11.0. The summed E-state index contributed by atoms with van der Waals surface area (Å²) in [5.74, 6) is 1.01. The maximum atomic E-state index is 13.0. The van der Waals surface area contributed by atoms with E-state index in [1.165, 1.54) is 0 Å². The first-order valence-corrected chi connectivity index (χ1v) is 8.49. The third-order valence-electron chi connectivity index (χ3n) is 4.46. The van der Waals surface area contributed by atoms with Crippen LogP contribution in [-0.2, 0) is 16.8 Å². The lowest BCUT2D eigenvalue weighted by Crippen LogP contribution is -2.36. The van der Waals surface area contributed by atoms with E-state index in [9.17, 15) is 4.79 Å². The van der Waals surface area contributed by atoms with Gasteiger partial charge in [0.25, 0.3) is 0 Å². The number of benzene rings is 2. The third-order valence-corrected chi connectivity index (χ3v) is 4.99. The van der Waals surface area contributed by atoms with Crippen LogP contribution in [0.1, 0.15) is 24.0 Å². The number of amides is 1. The molecular formula is C19H20BrNO2. The van der Waals surface area contributed by atoms with E-state index in [2.05, 4.69) is 15.9 Å². The molecule has 1 amide bonds. The molecule has 0 saturated heterocycles. The van der Waals surface area contributed by atoms with Gasteiger partial charge >= 0.3 is 0 Å². The van der Waals surface area contributed by atoms with Crippen LogP contribution in [0.4, 0.5) is 0 Å². The van der Waals surface area contributed by atoms with Crippen LogP contribution in [-0.4, -0.2) is 25.0 Å². The molecule has 1 fully saturated rings. The van der Waals surface area contributed by atoms with Crippen LogP contribution in [0.15, 0.2) is 53.0 Å². The molecule has 1 aliphatic rings. The van der Waals surface area contributed by atoms with Gasteiger partial charge in [0.05, 0.1) is 12.5 Å². The van der Waals surface area contributed by atoms with Gasteiger partial charge in [0.1, 0.15) is 5.75 Å². The van der Waals surface area contributed by atoms with Gasteiger partial charge in [0.2, 0.25) is 5.91 Å². The average Bonchev–Trinajstić information content (AvgIpc) is 3.36. The zero-order valence-corrected chi connectivity index (χ0v) is 15.0. The van der Waals surface area contributed by atoms with Crippen LogP contribution in [0.3, 0.4) is 0 Å². The van der Waals surface area contributed by atoms with Crippen molar-refractivity contribution >= 4 is 21.8 Å². The van der Waals surface area contributed by atoms with Crippen LogP contribution in [0.2, 0.25) is 0 Å². The number of nitrogens with zero attached hydrogens (tertiary/aromatic N) is 1. The zero-order valence-electron chi connectivity index (χ0n) is 13.4. The van der Waals surface area contributed by atoms with Crippen LogP contribution in [0.25, 0.3) is 0 Å². The minimum absolute atomic E-state index is 0.197. The Hall–Kier alpha value is -1.81. The van der Waals surface area contributed by atoms with Crippen molar-refractivity contribution in [3.05, 3.63) is 64.1 Å². The maximum absolute atomic E-state index is 13.0. The molecule has 2 aromatic carbocycles. The Morgan fingerprint density at radius 1 is 1.22 bits per heavy atom. The summed E-state index contributed by atoms with van der Waals surface area (Å²) in [6.45, 7) is 0.592. The molecule has 0 aromatic heterocycles. The number of hydrogen-bond acceptors (Lipinski definition) is 2. The maximum Gasteiger partial charge on any atom is 0.233 e. The molecule has 1 aliphatic carbocycles. The predicted molar refractivity (Wildman–Crippen MR) is 94.5 cm³/mol. The van der Waals surface area contributed by atoms with Crippen molar-refractivity contribution in [2.24, 2.45) is 0 Å². The summed E-state index contributed by atoms with van der Waals surface area (Å²) in [5.41, 5.74) is 1.86. The lowest BCUT2D eigenvalue weighted by molar-refractivity contribution is -0.133. The normalized spacial score (nSPS) is 15.1. The van der Waals surface area contributed by atoms with E-state index in [-0.39, 0.29) is 11.3 Å². The highest BCUT2D eigenvalue weighted by molar-refractivity contribution is 9.10. The minimum Gasteiger partial charge on any atom is -0.497 e. The largest absolute Gasteiger partial charge is 0.497 e. The molecule has 2 aromatic rings. The van der Waals surface area contributed by atoms with Gasteiger partial charge < -0.3 is 9.64 Å². The van der Waals surface area contributed by atoms with Crippen LogP contribution in [0, 0.1) is 0 Å². The molecular weight excluding hydrogens is 354 g/mol. The summed E-state index contributed by atoms with van der Waals surface area (Å²) in [5, 5.41) is 0. The number of carbonyl (C=O) groups is 1. The van der Waals surface area contributed by atoms with E-state index in [1.54, 1.807) is 7.11 Å². The number of carbonyl (C=O) groups excluding carboxylic acids is 1. The van der Waals surface area contributed by atoms with Crippen LogP contribution in [0.5, 0.6) is 5.75 Å². The average molecular weight is 374 g/mol. The van der Waals surface area contributed by atoms with Crippen molar-refractivity contribution in [3.8, 4) is 5.75 Å². The van der Waals surface area contributed by atoms with E-state index in [0.717, 1.165) is 34.2 Å². The van der Waals surface area contributed by atoms with Crippen molar-refractivity contribution < 1.29 is 9.53 Å². The SMILES string of the molecule is COc1cccc(CN(C)C(=O)C2(c3ccc(Br)cc3)CC2)c1. The molecule has 3 rings (SSSR count). The number of rotatable bonds is 5. The van der Waals surface area contributed by atoms with Crippen molar-refractivity contribution in [2.45, 2.75) is 24.8 Å². The molecule has 0 N–H and O–H groups in total. The van der Waals surface area contributed by atoms with E-state index in [0.29, 0.717) is 6.54 Å². The van der Waals surface area contributed by atoms with Crippen LogP contribution >= 0.6 is 15.9 Å². The Labute approximate surface area is 145 Å². The third kappa shape index (κ3) is 3.27. The highest BCUT2D eigenvalue weighted by Crippen LogP contribution is 2.49. The zero-order chi connectivity index (χ0) is 16.4. The smallest absolute Gasteiger partial charge is 0.233 e. The highest BCUT2D eigenvalue weighted by atomic mass is 79.9. The van der Waals surface area contributed by atoms with Crippen molar-refractivity contribution in [2.75, 3.05) is 14.2 Å². The summed E-state index contributed by atoms with van der Waals surface area (Å²) >= 11 is 3.45. The molecule has 0 bridgehead atoms. The van der Waals surface area contributed by atoms with E-state index in [1.807, 2.05) is 60.5 Å². The summed E-state index contributed by atoms with van der Waals surface area (Å²) in [7, 11) is 3.53. The fourth-order valence-corrected chi connectivity index (χ4v) is 3.27. The molecule has 0 atom stereocenters. The van der Waals surface area contributed by atoms with Crippen molar-refractivity contribution in [1.29, 1.82) is 0 Å². The number of halogens is 1. The Balaban J connectivity index is 1.75. The number of methoxy groups -OCH3 is 1. The van der Waals surface area contributed by atoms with Gasteiger partial charge in [-0.05, 0) is 48.2 Å². The number of ether oxygens (including phenoxy) is 1. The lowest BCUT2D eigenvalue weighted by Gasteiger charge is -2.24. The summed E-state index contributed by atoms with van der Waals surface area (Å²) in [6.07, 6.45) is 1.85. The van der Waals surface area contributed by atoms with E-state index >= 15 is 0 Å². The van der Waals surface area contributed by atoms with Crippen molar-refractivity contribution in [1.82, 2.24) is 4.90 Å². The quantitative estimate of drug-likeness (QED) is 0.787. The number of hydrogen-bond donors (Lipinski definition) is 0. The summed E-state index contributed by atoms with van der Waals surface area (Å²) in [4.78, 5) is 14.8. The summed E-state index contributed by atoms with van der Waals surface area (Å²) in [6, 6.07) is 16.0. The predicted octanol–water partition coefficient (Wildman–Crippen LogP) is 4.15. The molecule has 0 heterocycles. The van der Waals surface area contributed by atoms with Crippen molar-refractivity contribution in [3.63, 3.8) is 0 Å². The molecule has 3 nitrogen and oxygen atoms in total. The Morgan fingerprint density at radius 2 is 1.91 bits per heavy atom. The number of likely N-dealkylation sites (N-methyl/N-ethyl adjacent to an activating group) is 1. The fraction of sp³-hybridized carbons (Fsp3) is 0.316. The van der Waals surface area contributed by atoms with Gasteiger partial charge in [-0.15, -0.1) is 0 Å². The first kappa shape index (κ1) is 16.1. The fourth-order valence-electron chi connectivity index (χ4n) is 3.00. The van der Waals surface area contributed by atoms with Gasteiger partial charge in [-0.2, -0.15) is 0 Å². The van der Waals surface area contributed by atoms with E-state index in [4.69, 9.17) is 4.74 Å². The topological polar surface area (TPSA) is 29.5 Å². The molecule has 0 spiro atoms.